The molecule has 0 aliphatic rings. The lowest BCUT2D eigenvalue weighted by molar-refractivity contribution is 0.270. The van der Waals surface area contributed by atoms with Gasteiger partial charge in [0.15, 0.2) is 5.16 Å². The van der Waals surface area contributed by atoms with Gasteiger partial charge in [0.05, 0.1) is 0 Å². The van der Waals surface area contributed by atoms with Crippen molar-refractivity contribution in [1.29, 1.82) is 0 Å². The Balaban J connectivity index is 2.45. The number of thioether (sulfide) groups is 1. The number of aliphatic hydroxyl groups is 1. The van der Waals surface area contributed by atoms with E-state index in [1.165, 1.54) is 16.3 Å². The summed E-state index contributed by atoms with van der Waals surface area (Å²) in [4.78, 5) is 11.2. The second-order valence-corrected chi connectivity index (χ2v) is 4.83. The molecule has 0 aliphatic heterocycles. The second-order valence-electron chi connectivity index (χ2n) is 3.84. The Labute approximate surface area is 105 Å². The zero-order valence-electron chi connectivity index (χ0n) is 10.3. The summed E-state index contributed by atoms with van der Waals surface area (Å²) in [5.41, 5.74) is -0.201. The summed E-state index contributed by atoms with van der Waals surface area (Å²) in [6.07, 6.45) is 1.78. The summed E-state index contributed by atoms with van der Waals surface area (Å²) in [5.74, 6) is 0.790. The first-order valence-corrected chi connectivity index (χ1v) is 6.76. The van der Waals surface area contributed by atoms with E-state index in [9.17, 15) is 4.79 Å². The molecule has 1 rings (SSSR count). The number of hydrogen-bond acceptors (Lipinski definition) is 5. The highest BCUT2D eigenvalue weighted by Gasteiger charge is 2.11. The molecule has 0 saturated carbocycles. The van der Waals surface area contributed by atoms with Crippen molar-refractivity contribution in [3.05, 3.63) is 10.5 Å². The molecule has 6 nitrogen and oxygen atoms in total. The third kappa shape index (κ3) is 4.53. The molecule has 0 saturated heterocycles. The van der Waals surface area contributed by atoms with Crippen LogP contribution in [0.5, 0.6) is 0 Å². The standard InChI is InChI=1S/C10H20N4O2S/c1-3-5-11-8(4-6-15)7-17-10-13-12-9(16)14(10)2/h8,11,15H,3-7H2,1-2H3,(H,12,16). The average molecular weight is 260 g/mol. The van der Waals surface area contributed by atoms with Crippen molar-refractivity contribution in [3.63, 3.8) is 0 Å². The van der Waals surface area contributed by atoms with Crippen LogP contribution in [0.25, 0.3) is 0 Å². The third-order valence-electron chi connectivity index (χ3n) is 2.41. The van der Waals surface area contributed by atoms with Crippen molar-refractivity contribution in [2.24, 2.45) is 7.05 Å². The monoisotopic (exact) mass is 260 g/mol. The van der Waals surface area contributed by atoms with Crippen LogP contribution in [0.3, 0.4) is 0 Å². The van der Waals surface area contributed by atoms with Gasteiger partial charge in [0.25, 0.3) is 0 Å². The van der Waals surface area contributed by atoms with Crippen LogP contribution in [-0.2, 0) is 7.05 Å². The average Bonchev–Trinajstić information content (AvgIpc) is 2.64. The second kappa shape index (κ2) is 7.52. The first kappa shape index (κ1) is 14.3. The zero-order chi connectivity index (χ0) is 12.7. The van der Waals surface area contributed by atoms with Crippen molar-refractivity contribution >= 4 is 11.8 Å². The first-order valence-electron chi connectivity index (χ1n) is 5.77. The number of H-pyrrole nitrogens is 1. The topological polar surface area (TPSA) is 82.9 Å². The smallest absolute Gasteiger partial charge is 0.343 e. The molecule has 3 N–H and O–H groups in total. The van der Waals surface area contributed by atoms with E-state index in [-0.39, 0.29) is 18.3 Å². The lowest BCUT2D eigenvalue weighted by Gasteiger charge is -2.16. The highest BCUT2D eigenvalue weighted by Crippen LogP contribution is 2.14. The maximum atomic E-state index is 11.2. The fourth-order valence-corrected chi connectivity index (χ4v) is 2.41. The SMILES string of the molecule is CCCNC(CCO)CSc1n[nH]c(=O)n1C. The zero-order valence-corrected chi connectivity index (χ0v) is 11.1. The number of rotatable bonds is 8. The summed E-state index contributed by atoms with van der Waals surface area (Å²) >= 11 is 1.51. The fraction of sp³-hybridized carbons (Fsp3) is 0.800. The number of nitrogens with zero attached hydrogens (tertiary/aromatic N) is 2. The molecule has 0 aromatic carbocycles. The number of aromatic nitrogens is 3. The quantitative estimate of drug-likeness (QED) is 0.571. The number of nitrogens with one attached hydrogen (secondary N) is 2. The molecule has 0 fully saturated rings. The molecule has 1 heterocycles. The Kier molecular flexibility index (Phi) is 6.31. The summed E-state index contributed by atoms with van der Waals surface area (Å²) < 4.78 is 1.49. The minimum Gasteiger partial charge on any atom is -0.396 e. The molecule has 0 spiro atoms. The van der Waals surface area contributed by atoms with E-state index < -0.39 is 0 Å². The summed E-state index contributed by atoms with van der Waals surface area (Å²) in [5, 5.41) is 19.3. The highest BCUT2D eigenvalue weighted by molar-refractivity contribution is 7.99. The van der Waals surface area contributed by atoms with Gasteiger partial charge in [-0.15, -0.1) is 5.10 Å². The van der Waals surface area contributed by atoms with Crippen LogP contribution in [0.1, 0.15) is 19.8 Å². The van der Waals surface area contributed by atoms with E-state index in [0.29, 0.717) is 11.6 Å². The minimum absolute atomic E-state index is 0.168. The van der Waals surface area contributed by atoms with E-state index >= 15 is 0 Å². The van der Waals surface area contributed by atoms with Gasteiger partial charge in [0.2, 0.25) is 0 Å². The van der Waals surface area contributed by atoms with Gasteiger partial charge in [-0.3, -0.25) is 4.57 Å². The third-order valence-corrected chi connectivity index (χ3v) is 3.61. The summed E-state index contributed by atoms with van der Waals surface area (Å²) in [6, 6.07) is 0.247. The van der Waals surface area contributed by atoms with E-state index in [1.54, 1.807) is 7.05 Å². The van der Waals surface area contributed by atoms with Crippen molar-refractivity contribution in [2.45, 2.75) is 31.0 Å². The van der Waals surface area contributed by atoms with Gasteiger partial charge in [-0.2, -0.15) is 0 Å². The predicted octanol–water partition coefficient (Wildman–Crippen LogP) is -0.0489. The molecule has 0 bridgehead atoms. The lowest BCUT2D eigenvalue weighted by atomic mass is 10.2. The van der Waals surface area contributed by atoms with Crippen molar-refractivity contribution in [1.82, 2.24) is 20.1 Å². The Morgan fingerprint density at radius 3 is 2.94 bits per heavy atom. The number of aromatic amines is 1. The van der Waals surface area contributed by atoms with Gasteiger partial charge in [-0.1, -0.05) is 18.7 Å². The summed E-state index contributed by atoms with van der Waals surface area (Å²) in [6.45, 7) is 3.21. The maximum absolute atomic E-state index is 11.2. The van der Waals surface area contributed by atoms with E-state index in [2.05, 4.69) is 22.4 Å². The molecule has 1 aromatic heterocycles. The number of hydrogen-bond donors (Lipinski definition) is 3. The molecule has 1 atom stereocenters. The lowest BCUT2D eigenvalue weighted by Crippen LogP contribution is -2.33. The molecular weight excluding hydrogens is 240 g/mol. The van der Waals surface area contributed by atoms with Crippen LogP contribution in [0.2, 0.25) is 0 Å². The molecule has 7 heteroatoms. The van der Waals surface area contributed by atoms with E-state index in [1.807, 2.05) is 0 Å². The first-order chi connectivity index (χ1) is 8.19. The predicted molar refractivity (Wildman–Crippen MR) is 68.3 cm³/mol. The minimum atomic E-state index is -0.201. The Morgan fingerprint density at radius 2 is 2.41 bits per heavy atom. The van der Waals surface area contributed by atoms with Gasteiger partial charge < -0.3 is 10.4 Å². The van der Waals surface area contributed by atoms with Crippen LogP contribution in [0.15, 0.2) is 9.95 Å². The molecular formula is C10H20N4O2S. The summed E-state index contributed by atoms with van der Waals surface area (Å²) in [7, 11) is 1.69. The van der Waals surface area contributed by atoms with E-state index in [0.717, 1.165) is 18.7 Å². The van der Waals surface area contributed by atoms with Crippen LogP contribution in [0, 0.1) is 0 Å². The van der Waals surface area contributed by atoms with Crippen LogP contribution < -0.4 is 11.0 Å². The molecule has 17 heavy (non-hydrogen) atoms. The van der Waals surface area contributed by atoms with Crippen LogP contribution >= 0.6 is 11.8 Å². The van der Waals surface area contributed by atoms with Gasteiger partial charge in [0, 0.05) is 25.4 Å². The highest BCUT2D eigenvalue weighted by atomic mass is 32.2. The van der Waals surface area contributed by atoms with Crippen molar-refractivity contribution < 1.29 is 5.11 Å². The Morgan fingerprint density at radius 1 is 1.65 bits per heavy atom. The maximum Gasteiger partial charge on any atom is 0.343 e. The van der Waals surface area contributed by atoms with Gasteiger partial charge in [0.1, 0.15) is 0 Å². The van der Waals surface area contributed by atoms with Gasteiger partial charge in [-0.25, -0.2) is 9.89 Å². The largest absolute Gasteiger partial charge is 0.396 e. The Bertz CT molecular complexity index is 377. The molecule has 0 radical (unpaired) electrons. The number of aliphatic hydroxyl groups excluding tert-OH is 1. The van der Waals surface area contributed by atoms with Crippen LogP contribution in [-0.4, -0.2) is 44.8 Å². The van der Waals surface area contributed by atoms with Crippen molar-refractivity contribution in [3.8, 4) is 0 Å². The molecule has 1 aromatic rings. The Hall–Kier alpha value is -0.790. The molecule has 1 unspecified atom stereocenters. The molecule has 0 aliphatic carbocycles. The van der Waals surface area contributed by atoms with Crippen LogP contribution in [0.4, 0.5) is 0 Å². The molecule has 0 amide bonds. The van der Waals surface area contributed by atoms with Gasteiger partial charge >= 0.3 is 5.69 Å². The van der Waals surface area contributed by atoms with Gasteiger partial charge in [-0.05, 0) is 19.4 Å². The van der Waals surface area contributed by atoms with E-state index in [4.69, 9.17) is 5.11 Å². The van der Waals surface area contributed by atoms with Crippen molar-refractivity contribution in [2.75, 3.05) is 18.9 Å². The normalized spacial score (nSPS) is 12.9. The fourth-order valence-electron chi connectivity index (χ4n) is 1.39. The molecule has 98 valence electrons.